The molecule has 7 heteroatoms. The Morgan fingerprint density at radius 3 is 2.44 bits per heavy atom. The minimum Gasteiger partial charge on any atom is -0.397 e. The molecule has 1 heterocycles. The van der Waals surface area contributed by atoms with Crippen molar-refractivity contribution in [3.05, 3.63) is 88.1 Å². The zero-order valence-electron chi connectivity index (χ0n) is 18.2. The smallest absolute Gasteiger partial charge is 0.248 e. The molecule has 0 spiro atoms. The normalized spacial score (nSPS) is 12.1. The van der Waals surface area contributed by atoms with Gasteiger partial charge in [-0.3, -0.25) is 14.9 Å². The van der Waals surface area contributed by atoms with Gasteiger partial charge < -0.3 is 16.4 Å². The summed E-state index contributed by atoms with van der Waals surface area (Å²) in [5.41, 5.74) is 8.66. The number of hydrogen-bond acceptors (Lipinski definition) is 5. The molecular formula is C25H28N4O2S. The van der Waals surface area contributed by atoms with Gasteiger partial charge in [-0.2, -0.15) is 0 Å². The van der Waals surface area contributed by atoms with E-state index < -0.39 is 6.04 Å². The number of amides is 2. The fraction of sp³-hybridized carbons (Fsp3) is 0.200. The van der Waals surface area contributed by atoms with Crippen LogP contribution >= 0.6 is 11.3 Å². The maximum atomic E-state index is 12.8. The van der Waals surface area contributed by atoms with Crippen molar-refractivity contribution in [2.75, 3.05) is 11.1 Å². The molecular weight excluding hydrogens is 420 g/mol. The standard InChI is InChI=1S/C25H28N4O2S/c1-17(2)28-25(31)24(27-16-20-6-5-15-32-20)19-12-9-18(10-13-19)11-14-23(30)29-22-8-4-3-7-21(22)26/h3-15,17,24,27H,16,26H2,1-2H3,(H,28,31)(H,29,30). The van der Waals surface area contributed by atoms with Crippen LogP contribution in [0.4, 0.5) is 11.4 Å². The zero-order chi connectivity index (χ0) is 22.9. The van der Waals surface area contributed by atoms with E-state index in [-0.39, 0.29) is 17.9 Å². The molecule has 0 bridgehead atoms. The molecule has 0 fully saturated rings. The number of nitrogens with one attached hydrogen (secondary N) is 3. The number of benzene rings is 2. The fourth-order valence-corrected chi connectivity index (χ4v) is 3.76. The highest BCUT2D eigenvalue weighted by Gasteiger charge is 2.20. The minimum absolute atomic E-state index is 0.0490. The largest absolute Gasteiger partial charge is 0.397 e. The number of carbonyl (C=O) groups is 2. The first-order chi connectivity index (χ1) is 15.4. The third-order valence-electron chi connectivity index (χ3n) is 4.67. The Hall–Kier alpha value is -3.42. The van der Waals surface area contributed by atoms with Gasteiger partial charge in [-0.25, -0.2) is 0 Å². The quantitative estimate of drug-likeness (QED) is 0.289. The van der Waals surface area contributed by atoms with Crippen LogP contribution in [0.1, 0.15) is 35.9 Å². The van der Waals surface area contributed by atoms with Gasteiger partial charge in [0.05, 0.1) is 11.4 Å². The fourth-order valence-electron chi connectivity index (χ4n) is 3.10. The first kappa shape index (κ1) is 23.2. The number of para-hydroxylation sites is 2. The van der Waals surface area contributed by atoms with E-state index in [4.69, 9.17) is 5.73 Å². The number of thiophene rings is 1. The molecule has 0 aliphatic heterocycles. The van der Waals surface area contributed by atoms with Crippen LogP contribution in [-0.4, -0.2) is 17.9 Å². The topological polar surface area (TPSA) is 96.2 Å². The van der Waals surface area contributed by atoms with Gasteiger partial charge in [-0.1, -0.05) is 42.5 Å². The van der Waals surface area contributed by atoms with Crippen LogP contribution in [0.5, 0.6) is 0 Å². The predicted octanol–water partition coefficient (Wildman–Crippen LogP) is 4.34. The van der Waals surface area contributed by atoms with E-state index >= 15 is 0 Å². The molecule has 2 amide bonds. The molecule has 5 N–H and O–H groups in total. The van der Waals surface area contributed by atoms with Gasteiger partial charge in [0.15, 0.2) is 0 Å². The maximum absolute atomic E-state index is 12.8. The van der Waals surface area contributed by atoms with Crippen molar-refractivity contribution in [1.29, 1.82) is 0 Å². The molecule has 32 heavy (non-hydrogen) atoms. The molecule has 0 radical (unpaired) electrons. The lowest BCUT2D eigenvalue weighted by molar-refractivity contribution is -0.123. The highest BCUT2D eigenvalue weighted by Crippen LogP contribution is 2.19. The summed E-state index contributed by atoms with van der Waals surface area (Å²) < 4.78 is 0. The number of nitrogen functional groups attached to an aromatic ring is 1. The van der Waals surface area contributed by atoms with Gasteiger partial charge in [0.1, 0.15) is 6.04 Å². The monoisotopic (exact) mass is 448 g/mol. The summed E-state index contributed by atoms with van der Waals surface area (Å²) in [4.78, 5) is 26.1. The minimum atomic E-state index is -0.470. The summed E-state index contributed by atoms with van der Waals surface area (Å²) in [5, 5.41) is 11.1. The van der Waals surface area contributed by atoms with Crippen molar-refractivity contribution in [1.82, 2.24) is 10.6 Å². The molecule has 166 valence electrons. The molecule has 1 aromatic heterocycles. The first-order valence-electron chi connectivity index (χ1n) is 10.4. The van der Waals surface area contributed by atoms with E-state index in [0.29, 0.717) is 17.9 Å². The van der Waals surface area contributed by atoms with Crippen LogP contribution in [0.2, 0.25) is 0 Å². The number of hydrogen-bond donors (Lipinski definition) is 4. The van der Waals surface area contributed by atoms with Crippen LogP contribution < -0.4 is 21.7 Å². The van der Waals surface area contributed by atoms with Crippen LogP contribution in [0, 0.1) is 0 Å². The summed E-state index contributed by atoms with van der Waals surface area (Å²) in [6.07, 6.45) is 3.18. The third kappa shape index (κ3) is 6.80. The highest BCUT2D eigenvalue weighted by molar-refractivity contribution is 7.09. The van der Waals surface area contributed by atoms with Gasteiger partial charge in [-0.05, 0) is 54.6 Å². The van der Waals surface area contributed by atoms with Crippen molar-refractivity contribution >= 4 is 40.6 Å². The summed E-state index contributed by atoms with van der Waals surface area (Å²) in [7, 11) is 0. The van der Waals surface area contributed by atoms with Gasteiger partial charge >= 0.3 is 0 Å². The Bertz CT molecular complexity index is 1060. The molecule has 6 nitrogen and oxygen atoms in total. The predicted molar refractivity (Wildman–Crippen MR) is 132 cm³/mol. The average Bonchev–Trinajstić information content (AvgIpc) is 3.28. The molecule has 0 aliphatic rings. The van der Waals surface area contributed by atoms with E-state index in [2.05, 4.69) is 16.0 Å². The maximum Gasteiger partial charge on any atom is 0.248 e. The molecule has 1 atom stereocenters. The molecule has 2 aromatic carbocycles. The van der Waals surface area contributed by atoms with Crippen LogP contribution in [0.25, 0.3) is 6.08 Å². The van der Waals surface area contributed by atoms with Crippen molar-refractivity contribution < 1.29 is 9.59 Å². The second-order valence-corrected chi connectivity index (χ2v) is 8.67. The second kappa shape index (κ2) is 11.3. The number of carbonyl (C=O) groups excluding carboxylic acids is 2. The van der Waals surface area contributed by atoms with Gasteiger partial charge in [0, 0.05) is 23.5 Å². The van der Waals surface area contributed by atoms with Crippen LogP contribution in [0.3, 0.4) is 0 Å². The Morgan fingerprint density at radius 1 is 1.03 bits per heavy atom. The summed E-state index contributed by atoms with van der Waals surface area (Å²) >= 11 is 1.65. The Balaban J connectivity index is 1.67. The number of rotatable bonds is 9. The summed E-state index contributed by atoms with van der Waals surface area (Å²) in [6.45, 7) is 4.49. The number of nitrogens with two attached hydrogens (primary N) is 1. The Labute approximate surface area is 192 Å². The molecule has 3 rings (SSSR count). The average molecular weight is 449 g/mol. The molecule has 0 aliphatic carbocycles. The molecule has 0 saturated heterocycles. The van der Waals surface area contributed by atoms with Crippen LogP contribution in [-0.2, 0) is 16.1 Å². The lowest BCUT2D eigenvalue weighted by Gasteiger charge is -2.20. The van der Waals surface area contributed by atoms with Crippen molar-refractivity contribution in [2.45, 2.75) is 32.5 Å². The molecule has 0 saturated carbocycles. The van der Waals surface area contributed by atoms with Crippen molar-refractivity contribution in [2.24, 2.45) is 0 Å². The van der Waals surface area contributed by atoms with Gasteiger partial charge in [-0.15, -0.1) is 11.3 Å². The number of anilines is 2. The van der Waals surface area contributed by atoms with Gasteiger partial charge in [0.2, 0.25) is 11.8 Å². The lowest BCUT2D eigenvalue weighted by Crippen LogP contribution is -2.40. The SMILES string of the molecule is CC(C)NC(=O)C(NCc1cccs1)c1ccc(C=CC(=O)Nc2ccccc2N)cc1. The van der Waals surface area contributed by atoms with E-state index in [1.54, 1.807) is 29.5 Å². The molecule has 1 unspecified atom stereocenters. The van der Waals surface area contributed by atoms with E-state index in [1.165, 1.54) is 6.08 Å². The van der Waals surface area contributed by atoms with E-state index in [0.717, 1.165) is 16.0 Å². The van der Waals surface area contributed by atoms with Crippen molar-refractivity contribution in [3.63, 3.8) is 0 Å². The second-order valence-electron chi connectivity index (χ2n) is 7.63. The summed E-state index contributed by atoms with van der Waals surface area (Å²) in [5.74, 6) is -0.335. The molecule has 3 aromatic rings. The zero-order valence-corrected chi connectivity index (χ0v) is 19.0. The summed E-state index contributed by atoms with van der Waals surface area (Å²) in [6, 6.07) is 18.3. The van der Waals surface area contributed by atoms with Gasteiger partial charge in [0.25, 0.3) is 0 Å². The third-order valence-corrected chi connectivity index (χ3v) is 5.55. The Kier molecular flexibility index (Phi) is 8.19. The Morgan fingerprint density at radius 2 is 1.78 bits per heavy atom. The van der Waals surface area contributed by atoms with Crippen molar-refractivity contribution in [3.8, 4) is 0 Å². The lowest BCUT2D eigenvalue weighted by atomic mass is 10.0. The van der Waals surface area contributed by atoms with E-state index in [1.807, 2.05) is 67.8 Å². The first-order valence-corrected chi connectivity index (χ1v) is 11.3. The van der Waals surface area contributed by atoms with E-state index in [9.17, 15) is 9.59 Å². The van der Waals surface area contributed by atoms with Crippen LogP contribution in [0.15, 0.2) is 72.1 Å². The highest BCUT2D eigenvalue weighted by atomic mass is 32.1.